The molecule has 0 aliphatic heterocycles. The zero-order valence-electron chi connectivity index (χ0n) is 11.1. The van der Waals surface area contributed by atoms with Crippen LogP contribution in [0.1, 0.15) is 23.2 Å². The molecule has 20 heavy (non-hydrogen) atoms. The second-order valence-electron chi connectivity index (χ2n) is 3.90. The van der Waals surface area contributed by atoms with Crippen molar-refractivity contribution in [2.45, 2.75) is 19.0 Å². The van der Waals surface area contributed by atoms with Crippen molar-refractivity contribution in [3.63, 3.8) is 0 Å². The highest BCUT2D eigenvalue weighted by molar-refractivity contribution is 5.93. The van der Waals surface area contributed by atoms with Crippen LogP contribution in [0.5, 0.6) is 11.5 Å². The fraction of sp³-hybridized carbons (Fsp3) is 0.462. The van der Waals surface area contributed by atoms with E-state index in [0.717, 1.165) is 0 Å². The lowest BCUT2D eigenvalue weighted by Gasteiger charge is -2.14. The van der Waals surface area contributed by atoms with Gasteiger partial charge in [0.15, 0.2) is 11.5 Å². The predicted octanol–water partition coefficient (Wildman–Crippen LogP) is 3.20. The van der Waals surface area contributed by atoms with Crippen LogP contribution in [0.15, 0.2) is 18.2 Å². The number of rotatable bonds is 6. The number of para-hydroxylation sites is 1. The Morgan fingerprint density at radius 1 is 1.25 bits per heavy atom. The van der Waals surface area contributed by atoms with Gasteiger partial charge in [0.1, 0.15) is 5.56 Å². The van der Waals surface area contributed by atoms with Crippen LogP contribution in [0.2, 0.25) is 0 Å². The molecule has 1 aromatic rings. The van der Waals surface area contributed by atoms with Crippen LogP contribution in [0.4, 0.5) is 13.2 Å². The van der Waals surface area contributed by atoms with Gasteiger partial charge in [-0.15, -0.1) is 0 Å². The first kappa shape index (κ1) is 16.1. The first-order chi connectivity index (χ1) is 9.39. The molecule has 0 radical (unpaired) electrons. The number of alkyl halides is 3. The van der Waals surface area contributed by atoms with Crippen molar-refractivity contribution < 1.29 is 32.2 Å². The number of esters is 1. The number of halogens is 3. The molecule has 0 N–H and O–H groups in total. The summed E-state index contributed by atoms with van der Waals surface area (Å²) in [4.78, 5) is 11.6. The average molecular weight is 292 g/mol. The van der Waals surface area contributed by atoms with Crippen molar-refractivity contribution in [1.82, 2.24) is 0 Å². The van der Waals surface area contributed by atoms with Gasteiger partial charge in [0.2, 0.25) is 0 Å². The molecule has 0 saturated heterocycles. The summed E-state index contributed by atoms with van der Waals surface area (Å²) in [5.74, 6) is -0.293. The first-order valence-electron chi connectivity index (χ1n) is 5.84. The minimum Gasteiger partial charge on any atom is -0.493 e. The molecule has 0 aromatic heterocycles. The van der Waals surface area contributed by atoms with Gasteiger partial charge in [0, 0.05) is 6.42 Å². The maximum absolute atomic E-state index is 12.0. The quantitative estimate of drug-likeness (QED) is 0.596. The largest absolute Gasteiger partial charge is 0.493 e. The molecule has 0 heterocycles. The summed E-state index contributed by atoms with van der Waals surface area (Å²) in [6.45, 7) is -0.177. The van der Waals surface area contributed by atoms with Crippen LogP contribution < -0.4 is 9.47 Å². The molecule has 0 unspecified atom stereocenters. The van der Waals surface area contributed by atoms with Gasteiger partial charge in [-0.05, 0) is 18.6 Å². The molecule has 0 spiro atoms. The van der Waals surface area contributed by atoms with Gasteiger partial charge in [-0.3, -0.25) is 0 Å². The lowest BCUT2D eigenvalue weighted by molar-refractivity contribution is -0.136. The molecular weight excluding hydrogens is 277 g/mol. The zero-order chi connectivity index (χ0) is 15.2. The van der Waals surface area contributed by atoms with E-state index in [1.807, 2.05) is 0 Å². The van der Waals surface area contributed by atoms with Crippen LogP contribution in [-0.2, 0) is 4.74 Å². The number of carbonyl (C=O) groups is 1. The van der Waals surface area contributed by atoms with Gasteiger partial charge in [0.05, 0.1) is 20.8 Å². The van der Waals surface area contributed by atoms with Crippen molar-refractivity contribution in [3.05, 3.63) is 23.8 Å². The van der Waals surface area contributed by atoms with E-state index in [2.05, 4.69) is 4.74 Å². The third kappa shape index (κ3) is 4.64. The van der Waals surface area contributed by atoms with Gasteiger partial charge in [-0.1, -0.05) is 6.07 Å². The van der Waals surface area contributed by atoms with Crippen molar-refractivity contribution in [1.29, 1.82) is 0 Å². The number of hydrogen-bond acceptors (Lipinski definition) is 4. The summed E-state index contributed by atoms with van der Waals surface area (Å²) in [7, 11) is 2.58. The molecule has 0 saturated carbocycles. The van der Waals surface area contributed by atoms with Gasteiger partial charge in [0.25, 0.3) is 0 Å². The molecule has 7 heteroatoms. The van der Waals surface area contributed by atoms with Crippen LogP contribution in [0.25, 0.3) is 0 Å². The Balaban J connectivity index is 2.78. The van der Waals surface area contributed by atoms with Crippen molar-refractivity contribution in [3.8, 4) is 11.5 Å². The summed E-state index contributed by atoms with van der Waals surface area (Å²) in [5.41, 5.74) is 0.110. The van der Waals surface area contributed by atoms with Gasteiger partial charge >= 0.3 is 12.1 Å². The van der Waals surface area contributed by atoms with E-state index in [0.29, 0.717) is 0 Å². The van der Waals surface area contributed by atoms with E-state index in [4.69, 9.17) is 9.47 Å². The summed E-state index contributed by atoms with van der Waals surface area (Å²) in [6, 6.07) is 4.56. The van der Waals surface area contributed by atoms with E-state index in [1.54, 1.807) is 12.1 Å². The van der Waals surface area contributed by atoms with Crippen molar-refractivity contribution >= 4 is 5.97 Å². The maximum atomic E-state index is 12.0. The molecule has 112 valence electrons. The van der Waals surface area contributed by atoms with E-state index < -0.39 is 18.6 Å². The third-order valence-corrected chi connectivity index (χ3v) is 2.46. The van der Waals surface area contributed by atoms with E-state index in [-0.39, 0.29) is 30.1 Å². The normalized spacial score (nSPS) is 11.1. The number of benzene rings is 1. The second-order valence-corrected chi connectivity index (χ2v) is 3.90. The number of methoxy groups -OCH3 is 2. The summed E-state index contributed by atoms with van der Waals surface area (Å²) in [5, 5.41) is 0. The molecule has 1 rings (SSSR count). The Hall–Kier alpha value is -1.92. The summed E-state index contributed by atoms with van der Waals surface area (Å²) in [6.07, 6.45) is -5.38. The highest BCUT2D eigenvalue weighted by Crippen LogP contribution is 2.32. The monoisotopic (exact) mass is 292 g/mol. The Kier molecular flexibility index (Phi) is 5.66. The number of hydrogen-bond donors (Lipinski definition) is 0. The fourth-order valence-electron chi connectivity index (χ4n) is 1.54. The summed E-state index contributed by atoms with van der Waals surface area (Å²) >= 11 is 0. The molecule has 0 atom stereocenters. The highest BCUT2D eigenvalue weighted by Gasteiger charge is 2.26. The first-order valence-corrected chi connectivity index (χ1v) is 5.84. The predicted molar refractivity (Wildman–Crippen MR) is 65.1 cm³/mol. The summed E-state index contributed by atoms with van der Waals surface area (Å²) < 4.78 is 51.0. The Morgan fingerprint density at radius 2 is 1.95 bits per heavy atom. The van der Waals surface area contributed by atoms with Crippen molar-refractivity contribution in [2.75, 3.05) is 20.8 Å². The topological polar surface area (TPSA) is 44.8 Å². The van der Waals surface area contributed by atoms with Crippen LogP contribution >= 0.6 is 0 Å². The molecule has 0 amide bonds. The molecule has 0 fully saturated rings. The molecule has 1 aromatic carbocycles. The molecule has 0 aliphatic carbocycles. The van der Waals surface area contributed by atoms with Gasteiger partial charge in [-0.25, -0.2) is 4.79 Å². The molecule has 4 nitrogen and oxygen atoms in total. The lowest BCUT2D eigenvalue weighted by atomic mass is 10.2. The zero-order valence-corrected chi connectivity index (χ0v) is 11.1. The van der Waals surface area contributed by atoms with Crippen molar-refractivity contribution in [2.24, 2.45) is 0 Å². The minimum absolute atomic E-state index is 0.0871. The Labute approximate surface area is 114 Å². The lowest BCUT2D eigenvalue weighted by Crippen LogP contribution is -2.12. The van der Waals surface area contributed by atoms with Crippen LogP contribution in [0, 0.1) is 0 Å². The highest BCUT2D eigenvalue weighted by atomic mass is 19.4. The van der Waals surface area contributed by atoms with E-state index >= 15 is 0 Å². The second kappa shape index (κ2) is 7.02. The minimum atomic E-state index is -4.23. The average Bonchev–Trinajstić information content (AvgIpc) is 2.41. The maximum Gasteiger partial charge on any atom is 0.389 e. The van der Waals surface area contributed by atoms with Crippen LogP contribution in [0.3, 0.4) is 0 Å². The van der Waals surface area contributed by atoms with Crippen LogP contribution in [-0.4, -0.2) is 33.0 Å². The van der Waals surface area contributed by atoms with Gasteiger partial charge < -0.3 is 14.2 Å². The fourth-order valence-corrected chi connectivity index (χ4v) is 1.54. The number of carbonyl (C=O) groups excluding carboxylic acids is 1. The number of ether oxygens (including phenoxy) is 3. The van der Waals surface area contributed by atoms with E-state index in [9.17, 15) is 18.0 Å². The standard InChI is InChI=1S/C13H15F3O4/c1-18-10-6-3-5-9(12(17)19-2)11(10)20-8-4-7-13(14,15)16/h3,5-6H,4,7-8H2,1-2H3. The smallest absolute Gasteiger partial charge is 0.389 e. The molecule has 0 bridgehead atoms. The molecule has 0 aliphatic rings. The third-order valence-electron chi connectivity index (χ3n) is 2.46. The SMILES string of the molecule is COC(=O)c1cccc(OC)c1OCCCC(F)(F)F. The Bertz CT molecular complexity index is 457. The molecular formula is C13H15F3O4. The van der Waals surface area contributed by atoms with Gasteiger partial charge in [-0.2, -0.15) is 13.2 Å². The Morgan fingerprint density at radius 3 is 2.50 bits per heavy atom. The van der Waals surface area contributed by atoms with E-state index in [1.165, 1.54) is 20.3 Å².